The van der Waals surface area contributed by atoms with Gasteiger partial charge in [-0.2, -0.15) is 0 Å². The van der Waals surface area contributed by atoms with Crippen molar-refractivity contribution in [1.82, 2.24) is 4.90 Å². The molecule has 16 heavy (non-hydrogen) atoms. The maximum atomic E-state index is 13.1. The molecule has 2 rings (SSSR count). The second-order valence-corrected chi connectivity index (χ2v) is 4.80. The number of likely N-dealkylation sites (tertiary alicyclic amines) is 1. The monoisotopic (exact) mass is 223 g/mol. The molecule has 1 unspecified atom stereocenters. The Hall–Kier alpha value is -1.09. The number of nitrogens with zero attached hydrogens (tertiary/aromatic N) is 1. The van der Waals surface area contributed by atoms with Crippen LogP contribution in [0, 0.1) is 11.7 Å². The van der Waals surface area contributed by atoms with Gasteiger partial charge in [0.25, 0.3) is 0 Å². The molecule has 1 atom stereocenters. The largest absolute Gasteiger partial charge is 0.508 e. The Kier molecular flexibility index (Phi) is 3.44. The lowest BCUT2D eigenvalue weighted by Crippen LogP contribution is -2.33. The molecule has 88 valence electrons. The lowest BCUT2D eigenvalue weighted by atomic mass is 10.00. The number of phenols is 1. The molecule has 1 aromatic rings. The van der Waals surface area contributed by atoms with Gasteiger partial charge in [0.1, 0.15) is 11.6 Å². The Labute approximate surface area is 95.7 Å². The van der Waals surface area contributed by atoms with Crippen molar-refractivity contribution in [2.75, 3.05) is 13.1 Å². The molecular weight excluding hydrogens is 205 g/mol. The van der Waals surface area contributed by atoms with Crippen molar-refractivity contribution in [2.24, 2.45) is 5.92 Å². The van der Waals surface area contributed by atoms with Crippen molar-refractivity contribution in [3.8, 4) is 5.75 Å². The molecule has 0 spiro atoms. The molecule has 1 fully saturated rings. The second kappa shape index (κ2) is 4.83. The summed E-state index contributed by atoms with van der Waals surface area (Å²) in [6.07, 6.45) is 2.49. The highest BCUT2D eigenvalue weighted by molar-refractivity contribution is 5.28. The molecule has 0 radical (unpaired) electrons. The second-order valence-electron chi connectivity index (χ2n) is 4.80. The molecule has 0 aliphatic carbocycles. The average Bonchev–Trinajstić information content (AvgIpc) is 2.15. The number of aromatic hydroxyl groups is 1. The normalized spacial score (nSPS) is 22.2. The van der Waals surface area contributed by atoms with E-state index < -0.39 is 0 Å². The number of benzene rings is 1. The van der Waals surface area contributed by atoms with E-state index in [1.165, 1.54) is 18.9 Å². The summed E-state index contributed by atoms with van der Waals surface area (Å²) in [6, 6.07) is 4.28. The van der Waals surface area contributed by atoms with Crippen LogP contribution in [0.25, 0.3) is 0 Å². The molecule has 2 nitrogen and oxygen atoms in total. The van der Waals surface area contributed by atoms with E-state index in [1.54, 1.807) is 6.07 Å². The fraction of sp³-hybridized carbons (Fsp3) is 0.538. The first-order valence-electron chi connectivity index (χ1n) is 5.84. The van der Waals surface area contributed by atoms with Gasteiger partial charge in [-0.15, -0.1) is 0 Å². The number of halogens is 1. The SMILES string of the molecule is CC1CCCN(Cc2cc(O)cc(F)c2)C1. The predicted molar refractivity (Wildman–Crippen MR) is 61.7 cm³/mol. The summed E-state index contributed by atoms with van der Waals surface area (Å²) in [7, 11) is 0. The molecule has 1 N–H and O–H groups in total. The zero-order valence-corrected chi connectivity index (χ0v) is 9.62. The van der Waals surface area contributed by atoms with Gasteiger partial charge in [-0.3, -0.25) is 4.90 Å². The minimum absolute atomic E-state index is 0.0139. The highest BCUT2D eigenvalue weighted by Gasteiger charge is 2.16. The lowest BCUT2D eigenvalue weighted by Gasteiger charge is -2.30. The van der Waals surface area contributed by atoms with E-state index in [0.717, 1.165) is 37.2 Å². The first-order chi connectivity index (χ1) is 7.63. The van der Waals surface area contributed by atoms with Crippen LogP contribution in [0.2, 0.25) is 0 Å². The fourth-order valence-electron chi connectivity index (χ4n) is 2.41. The van der Waals surface area contributed by atoms with Crippen LogP contribution in [0.5, 0.6) is 5.75 Å². The number of piperidine rings is 1. The van der Waals surface area contributed by atoms with Crippen LogP contribution >= 0.6 is 0 Å². The van der Waals surface area contributed by atoms with E-state index in [9.17, 15) is 9.50 Å². The third kappa shape index (κ3) is 2.95. The molecule has 0 bridgehead atoms. The van der Waals surface area contributed by atoms with Crippen LogP contribution in [-0.4, -0.2) is 23.1 Å². The molecule has 0 amide bonds. The number of hydrogen-bond donors (Lipinski definition) is 1. The van der Waals surface area contributed by atoms with Crippen LogP contribution in [0.15, 0.2) is 18.2 Å². The third-order valence-corrected chi connectivity index (χ3v) is 3.09. The number of rotatable bonds is 2. The molecule has 1 heterocycles. The van der Waals surface area contributed by atoms with Gasteiger partial charge in [0.15, 0.2) is 0 Å². The Morgan fingerprint density at radius 3 is 2.94 bits per heavy atom. The molecule has 1 aliphatic heterocycles. The van der Waals surface area contributed by atoms with Crippen LogP contribution in [0.4, 0.5) is 4.39 Å². The fourth-order valence-corrected chi connectivity index (χ4v) is 2.41. The quantitative estimate of drug-likeness (QED) is 0.833. The van der Waals surface area contributed by atoms with E-state index in [-0.39, 0.29) is 11.6 Å². The maximum absolute atomic E-state index is 13.1. The number of hydrogen-bond acceptors (Lipinski definition) is 2. The van der Waals surface area contributed by atoms with Crippen LogP contribution < -0.4 is 0 Å². The summed E-state index contributed by atoms with van der Waals surface area (Å²) in [5.74, 6) is 0.371. The van der Waals surface area contributed by atoms with Crippen molar-refractivity contribution in [3.63, 3.8) is 0 Å². The topological polar surface area (TPSA) is 23.5 Å². The first kappa shape index (κ1) is 11.4. The Morgan fingerprint density at radius 1 is 1.44 bits per heavy atom. The smallest absolute Gasteiger partial charge is 0.127 e. The minimum atomic E-state index is -0.361. The third-order valence-electron chi connectivity index (χ3n) is 3.09. The summed E-state index contributed by atoms with van der Waals surface area (Å²) in [4.78, 5) is 2.32. The highest BCUT2D eigenvalue weighted by Crippen LogP contribution is 2.20. The van der Waals surface area contributed by atoms with Crippen molar-refractivity contribution in [2.45, 2.75) is 26.3 Å². The average molecular weight is 223 g/mol. The van der Waals surface area contributed by atoms with Gasteiger partial charge in [-0.05, 0) is 43.0 Å². The van der Waals surface area contributed by atoms with E-state index in [4.69, 9.17) is 0 Å². The Bertz CT molecular complexity index is 347. The summed E-state index contributed by atoms with van der Waals surface area (Å²) in [5.41, 5.74) is 0.853. The molecule has 3 heteroatoms. The molecule has 1 aromatic carbocycles. The van der Waals surface area contributed by atoms with Crippen molar-refractivity contribution in [3.05, 3.63) is 29.6 Å². The van der Waals surface area contributed by atoms with Crippen LogP contribution in [0.3, 0.4) is 0 Å². The summed E-state index contributed by atoms with van der Waals surface area (Å²) in [6.45, 7) is 5.11. The number of phenolic OH excluding ortho intramolecular Hbond substituents is 1. The molecule has 0 aromatic heterocycles. The van der Waals surface area contributed by atoms with Gasteiger partial charge >= 0.3 is 0 Å². The maximum Gasteiger partial charge on any atom is 0.127 e. The lowest BCUT2D eigenvalue weighted by molar-refractivity contribution is 0.176. The minimum Gasteiger partial charge on any atom is -0.508 e. The van der Waals surface area contributed by atoms with Gasteiger partial charge < -0.3 is 5.11 Å². The van der Waals surface area contributed by atoms with E-state index in [0.29, 0.717) is 0 Å². The molecule has 1 aliphatic rings. The van der Waals surface area contributed by atoms with E-state index in [2.05, 4.69) is 11.8 Å². The first-order valence-corrected chi connectivity index (χ1v) is 5.84. The van der Waals surface area contributed by atoms with Gasteiger partial charge in [0, 0.05) is 19.2 Å². The van der Waals surface area contributed by atoms with E-state index >= 15 is 0 Å². The van der Waals surface area contributed by atoms with Gasteiger partial charge in [0.05, 0.1) is 0 Å². The molecular formula is C13H18FNO. The van der Waals surface area contributed by atoms with Crippen molar-refractivity contribution >= 4 is 0 Å². The summed E-state index contributed by atoms with van der Waals surface area (Å²) in [5, 5.41) is 9.32. The van der Waals surface area contributed by atoms with Gasteiger partial charge in [0.2, 0.25) is 0 Å². The standard InChI is InChI=1S/C13H18FNO/c1-10-3-2-4-15(8-10)9-11-5-12(14)7-13(16)6-11/h5-7,10,16H,2-4,8-9H2,1H3. The highest BCUT2D eigenvalue weighted by atomic mass is 19.1. The van der Waals surface area contributed by atoms with Gasteiger partial charge in [-0.25, -0.2) is 4.39 Å². The molecule has 1 saturated heterocycles. The summed E-state index contributed by atoms with van der Waals surface area (Å²) >= 11 is 0. The predicted octanol–water partition coefficient (Wildman–Crippen LogP) is 2.76. The summed E-state index contributed by atoms with van der Waals surface area (Å²) < 4.78 is 13.1. The zero-order chi connectivity index (χ0) is 11.5. The van der Waals surface area contributed by atoms with Gasteiger partial charge in [-0.1, -0.05) is 6.92 Å². The molecule has 0 saturated carbocycles. The Balaban J connectivity index is 2.02. The zero-order valence-electron chi connectivity index (χ0n) is 9.62. The van der Waals surface area contributed by atoms with E-state index in [1.807, 2.05) is 0 Å². The van der Waals surface area contributed by atoms with Crippen LogP contribution in [0.1, 0.15) is 25.3 Å². The van der Waals surface area contributed by atoms with Crippen molar-refractivity contribution in [1.29, 1.82) is 0 Å². The Morgan fingerprint density at radius 2 is 2.25 bits per heavy atom. The van der Waals surface area contributed by atoms with Crippen molar-refractivity contribution < 1.29 is 9.50 Å². The van der Waals surface area contributed by atoms with Crippen LogP contribution in [-0.2, 0) is 6.54 Å².